The summed E-state index contributed by atoms with van der Waals surface area (Å²) in [5.74, 6) is 2.15. The number of para-hydroxylation sites is 1. The molecule has 0 radical (unpaired) electrons. The number of carbonyl (C=O) groups is 1. The molecular formula is C21H25ClN2O4. The van der Waals surface area contributed by atoms with E-state index in [1.165, 1.54) is 0 Å². The summed E-state index contributed by atoms with van der Waals surface area (Å²) < 4.78 is 16.3. The molecule has 0 bridgehead atoms. The molecule has 2 aromatic carbocycles. The predicted octanol–water partition coefficient (Wildman–Crippen LogP) is 3.08. The summed E-state index contributed by atoms with van der Waals surface area (Å²) in [6.07, 6.45) is 0. The molecular weight excluding hydrogens is 380 g/mol. The van der Waals surface area contributed by atoms with Crippen molar-refractivity contribution in [3.63, 3.8) is 0 Å². The van der Waals surface area contributed by atoms with Crippen molar-refractivity contribution < 1.29 is 19.0 Å². The first-order valence-corrected chi connectivity index (χ1v) is 9.57. The smallest absolute Gasteiger partial charge is 0.260 e. The number of ether oxygens (including phenoxy) is 3. The SMILES string of the molecule is COc1ccc(OC)c(CN2CCN(C(=O)COc3ccccc3Cl)CC2)c1. The van der Waals surface area contributed by atoms with Crippen LogP contribution in [0.5, 0.6) is 17.2 Å². The maximum Gasteiger partial charge on any atom is 0.260 e. The Morgan fingerprint density at radius 2 is 1.75 bits per heavy atom. The molecule has 0 N–H and O–H groups in total. The van der Waals surface area contributed by atoms with Crippen molar-refractivity contribution in [2.75, 3.05) is 47.0 Å². The first-order valence-electron chi connectivity index (χ1n) is 9.19. The highest BCUT2D eigenvalue weighted by Gasteiger charge is 2.22. The highest BCUT2D eigenvalue weighted by molar-refractivity contribution is 6.32. The minimum Gasteiger partial charge on any atom is -0.497 e. The molecule has 1 aliphatic heterocycles. The van der Waals surface area contributed by atoms with E-state index in [1.807, 2.05) is 35.2 Å². The van der Waals surface area contributed by atoms with Crippen LogP contribution in [0.15, 0.2) is 42.5 Å². The van der Waals surface area contributed by atoms with Crippen LogP contribution in [0.3, 0.4) is 0 Å². The van der Waals surface area contributed by atoms with Crippen LogP contribution in [-0.2, 0) is 11.3 Å². The van der Waals surface area contributed by atoms with Gasteiger partial charge in [-0.25, -0.2) is 0 Å². The number of nitrogens with zero attached hydrogens (tertiary/aromatic N) is 2. The van der Waals surface area contributed by atoms with E-state index in [0.717, 1.165) is 36.7 Å². The van der Waals surface area contributed by atoms with Crippen LogP contribution in [0.25, 0.3) is 0 Å². The summed E-state index contributed by atoms with van der Waals surface area (Å²) in [6, 6.07) is 13.0. The monoisotopic (exact) mass is 404 g/mol. The molecule has 1 heterocycles. The summed E-state index contributed by atoms with van der Waals surface area (Å²) >= 11 is 6.06. The van der Waals surface area contributed by atoms with E-state index in [-0.39, 0.29) is 12.5 Å². The lowest BCUT2D eigenvalue weighted by Gasteiger charge is -2.35. The van der Waals surface area contributed by atoms with Crippen LogP contribution >= 0.6 is 11.6 Å². The van der Waals surface area contributed by atoms with E-state index >= 15 is 0 Å². The van der Waals surface area contributed by atoms with Gasteiger partial charge in [0, 0.05) is 38.3 Å². The molecule has 0 atom stereocenters. The number of carbonyl (C=O) groups excluding carboxylic acids is 1. The lowest BCUT2D eigenvalue weighted by molar-refractivity contribution is -0.135. The average Bonchev–Trinajstić information content (AvgIpc) is 2.73. The molecule has 1 fully saturated rings. The number of halogens is 1. The fourth-order valence-corrected chi connectivity index (χ4v) is 3.38. The molecule has 28 heavy (non-hydrogen) atoms. The zero-order valence-corrected chi connectivity index (χ0v) is 16.9. The molecule has 6 nitrogen and oxygen atoms in total. The first-order chi connectivity index (χ1) is 13.6. The summed E-state index contributed by atoms with van der Waals surface area (Å²) in [7, 11) is 3.32. The third kappa shape index (κ3) is 5.09. The Kier molecular flexibility index (Phi) is 7.01. The molecule has 1 amide bonds. The molecule has 0 aliphatic carbocycles. The molecule has 1 aliphatic rings. The normalized spacial score (nSPS) is 14.6. The van der Waals surface area contributed by atoms with Gasteiger partial charge in [0.25, 0.3) is 5.91 Å². The van der Waals surface area contributed by atoms with Crippen molar-refractivity contribution in [3.05, 3.63) is 53.1 Å². The molecule has 3 rings (SSSR count). The lowest BCUT2D eigenvalue weighted by Crippen LogP contribution is -2.49. The molecule has 2 aromatic rings. The second-order valence-corrected chi connectivity index (χ2v) is 6.96. The van der Waals surface area contributed by atoms with Crippen LogP contribution in [0.4, 0.5) is 0 Å². The van der Waals surface area contributed by atoms with Crippen molar-refractivity contribution >= 4 is 17.5 Å². The van der Waals surface area contributed by atoms with E-state index < -0.39 is 0 Å². The number of piperazine rings is 1. The number of benzene rings is 2. The molecule has 0 aromatic heterocycles. The van der Waals surface area contributed by atoms with Crippen LogP contribution in [-0.4, -0.2) is 62.7 Å². The van der Waals surface area contributed by atoms with Crippen LogP contribution in [0.2, 0.25) is 5.02 Å². The minimum atomic E-state index is -0.0291. The number of amides is 1. The maximum atomic E-state index is 12.4. The van der Waals surface area contributed by atoms with E-state index in [0.29, 0.717) is 23.9 Å². The summed E-state index contributed by atoms with van der Waals surface area (Å²) in [5.41, 5.74) is 1.07. The molecule has 1 saturated heterocycles. The second kappa shape index (κ2) is 9.66. The van der Waals surface area contributed by atoms with Crippen LogP contribution in [0, 0.1) is 0 Å². The third-order valence-corrected chi connectivity index (χ3v) is 5.11. The third-order valence-electron chi connectivity index (χ3n) is 4.79. The zero-order valence-electron chi connectivity index (χ0n) is 16.2. The number of hydrogen-bond acceptors (Lipinski definition) is 5. The topological polar surface area (TPSA) is 51.2 Å². The minimum absolute atomic E-state index is 0.00651. The van der Waals surface area contributed by atoms with Gasteiger partial charge >= 0.3 is 0 Å². The molecule has 0 unspecified atom stereocenters. The van der Waals surface area contributed by atoms with Crippen molar-refractivity contribution in [3.8, 4) is 17.2 Å². The van der Waals surface area contributed by atoms with E-state index in [1.54, 1.807) is 26.4 Å². The maximum absolute atomic E-state index is 12.4. The molecule has 150 valence electrons. The van der Waals surface area contributed by atoms with E-state index in [2.05, 4.69) is 4.90 Å². The van der Waals surface area contributed by atoms with Gasteiger partial charge < -0.3 is 19.1 Å². The number of rotatable bonds is 7. The van der Waals surface area contributed by atoms with Gasteiger partial charge in [0.15, 0.2) is 6.61 Å². The van der Waals surface area contributed by atoms with Gasteiger partial charge in [-0.15, -0.1) is 0 Å². The average molecular weight is 405 g/mol. The lowest BCUT2D eigenvalue weighted by atomic mass is 10.1. The Hall–Kier alpha value is -2.44. The van der Waals surface area contributed by atoms with Gasteiger partial charge in [-0.05, 0) is 30.3 Å². The molecule has 0 saturated carbocycles. The zero-order chi connectivity index (χ0) is 19.9. The van der Waals surface area contributed by atoms with Gasteiger partial charge in [0.2, 0.25) is 0 Å². The van der Waals surface area contributed by atoms with Gasteiger partial charge in [0.1, 0.15) is 17.2 Å². The summed E-state index contributed by atoms with van der Waals surface area (Å²) in [5, 5.41) is 0.507. The van der Waals surface area contributed by atoms with Gasteiger partial charge in [-0.2, -0.15) is 0 Å². The van der Waals surface area contributed by atoms with Gasteiger partial charge in [-0.1, -0.05) is 23.7 Å². The van der Waals surface area contributed by atoms with Crippen LogP contribution in [0.1, 0.15) is 5.56 Å². The Morgan fingerprint density at radius 3 is 2.43 bits per heavy atom. The Balaban J connectivity index is 1.50. The van der Waals surface area contributed by atoms with Crippen LogP contribution < -0.4 is 14.2 Å². The van der Waals surface area contributed by atoms with E-state index in [9.17, 15) is 4.79 Å². The van der Waals surface area contributed by atoms with Gasteiger partial charge in [0.05, 0.1) is 19.2 Å². The van der Waals surface area contributed by atoms with E-state index in [4.69, 9.17) is 25.8 Å². The number of hydrogen-bond donors (Lipinski definition) is 0. The predicted molar refractivity (Wildman–Crippen MR) is 108 cm³/mol. The van der Waals surface area contributed by atoms with Crippen molar-refractivity contribution in [2.45, 2.75) is 6.54 Å². The summed E-state index contributed by atoms with van der Waals surface area (Å²) in [4.78, 5) is 16.6. The highest BCUT2D eigenvalue weighted by atomic mass is 35.5. The molecule has 0 spiro atoms. The highest BCUT2D eigenvalue weighted by Crippen LogP contribution is 2.26. The van der Waals surface area contributed by atoms with Gasteiger partial charge in [-0.3, -0.25) is 9.69 Å². The van der Waals surface area contributed by atoms with Crippen molar-refractivity contribution in [1.82, 2.24) is 9.80 Å². The Morgan fingerprint density at radius 1 is 1.00 bits per heavy atom. The fourth-order valence-electron chi connectivity index (χ4n) is 3.19. The Labute approximate surface area is 170 Å². The second-order valence-electron chi connectivity index (χ2n) is 6.55. The van der Waals surface area contributed by atoms with Crippen molar-refractivity contribution in [1.29, 1.82) is 0 Å². The first kappa shape index (κ1) is 20.3. The number of methoxy groups -OCH3 is 2. The fraction of sp³-hybridized carbons (Fsp3) is 0.381. The summed E-state index contributed by atoms with van der Waals surface area (Å²) in [6.45, 7) is 3.65. The standard InChI is InChI=1S/C21H25ClN2O4/c1-26-17-7-8-19(27-2)16(13-17)14-23-9-11-24(12-10-23)21(25)15-28-20-6-4-3-5-18(20)22/h3-8,13H,9-12,14-15H2,1-2H3. The largest absolute Gasteiger partial charge is 0.497 e. The molecule has 7 heteroatoms. The quantitative estimate of drug-likeness (QED) is 0.709. The Bertz CT molecular complexity index is 807. The van der Waals surface area contributed by atoms with Crippen molar-refractivity contribution in [2.24, 2.45) is 0 Å².